The zero-order chi connectivity index (χ0) is 17.0. The van der Waals surface area contributed by atoms with Crippen LogP contribution in [-0.4, -0.2) is 16.6 Å². The zero-order valence-corrected chi connectivity index (χ0v) is 13.5. The van der Waals surface area contributed by atoms with Crippen LogP contribution in [0.1, 0.15) is 40.0 Å². The maximum atomic E-state index is 13.0. The van der Waals surface area contributed by atoms with E-state index in [0.717, 1.165) is 0 Å². The summed E-state index contributed by atoms with van der Waals surface area (Å²) in [7, 11) is 0. The molecule has 6 heteroatoms. The fourth-order valence-electron chi connectivity index (χ4n) is 4.34. The van der Waals surface area contributed by atoms with Crippen molar-refractivity contribution in [2.45, 2.75) is 40.0 Å². The average Bonchev–Trinajstić information content (AvgIpc) is 2.78. The molecule has 0 aromatic heterocycles. The highest BCUT2D eigenvalue weighted by Crippen LogP contribution is 2.70. The molecule has 1 aromatic rings. The highest BCUT2D eigenvalue weighted by Gasteiger charge is 2.72. The molecular formula is C17H20N2O4. The standard InChI is InChI=1S/C17H20N2O4/c1-15(2)16(3)8-9-17(15,10-13(16)20)14(21)18-11-6-4-5-7-12(11)19(22)23/h4-7H,8-10H2,1-3H3,(H,18,21)/t16-,17-/m1/s1. The minimum absolute atomic E-state index is 0.117. The van der Waals surface area contributed by atoms with Gasteiger partial charge in [0.2, 0.25) is 5.91 Å². The number of ketones is 1. The fraction of sp³-hybridized carbons (Fsp3) is 0.529. The second kappa shape index (κ2) is 4.63. The molecule has 0 heterocycles. The Balaban J connectivity index is 1.97. The van der Waals surface area contributed by atoms with Crippen LogP contribution in [0.2, 0.25) is 0 Å². The number of anilines is 1. The topological polar surface area (TPSA) is 89.3 Å². The van der Waals surface area contributed by atoms with Gasteiger partial charge in [0.25, 0.3) is 5.69 Å². The normalized spacial score (nSPS) is 31.2. The Bertz CT molecular complexity index is 727. The van der Waals surface area contributed by atoms with Gasteiger partial charge in [-0.3, -0.25) is 19.7 Å². The van der Waals surface area contributed by atoms with Crippen LogP contribution in [0, 0.1) is 26.4 Å². The minimum Gasteiger partial charge on any atom is -0.320 e. The van der Waals surface area contributed by atoms with Crippen LogP contribution in [0.4, 0.5) is 11.4 Å². The summed E-state index contributed by atoms with van der Waals surface area (Å²) in [5, 5.41) is 13.8. The summed E-state index contributed by atoms with van der Waals surface area (Å²) >= 11 is 0. The number of nitrogens with one attached hydrogen (secondary N) is 1. The average molecular weight is 316 g/mol. The second-order valence-corrected chi connectivity index (χ2v) is 7.37. The van der Waals surface area contributed by atoms with Crippen molar-refractivity contribution >= 4 is 23.1 Å². The predicted octanol–water partition coefficient (Wildman–Crippen LogP) is 3.32. The van der Waals surface area contributed by atoms with E-state index in [2.05, 4.69) is 5.32 Å². The summed E-state index contributed by atoms with van der Waals surface area (Å²) in [6.45, 7) is 5.86. The van der Waals surface area contributed by atoms with Crippen LogP contribution in [0.25, 0.3) is 0 Å². The molecule has 2 aliphatic carbocycles. The van der Waals surface area contributed by atoms with Gasteiger partial charge in [-0.25, -0.2) is 0 Å². The third-order valence-corrected chi connectivity index (χ3v) is 6.49. The molecule has 3 rings (SSSR count). The lowest BCUT2D eigenvalue weighted by Gasteiger charge is -2.38. The van der Waals surface area contributed by atoms with Crippen molar-refractivity contribution in [2.24, 2.45) is 16.2 Å². The molecule has 1 amide bonds. The van der Waals surface area contributed by atoms with Crippen LogP contribution in [0.15, 0.2) is 24.3 Å². The summed E-state index contributed by atoms with van der Waals surface area (Å²) in [5.74, 6) is -0.169. The highest BCUT2D eigenvalue weighted by atomic mass is 16.6. The van der Waals surface area contributed by atoms with Gasteiger partial charge in [0, 0.05) is 17.9 Å². The maximum Gasteiger partial charge on any atom is 0.292 e. The number of nitrogens with zero attached hydrogens (tertiary/aromatic N) is 1. The smallest absolute Gasteiger partial charge is 0.292 e. The van der Waals surface area contributed by atoms with Gasteiger partial charge in [-0.15, -0.1) is 0 Å². The SMILES string of the molecule is CC1(C)[C@]2(C(=O)Nc3ccccc3[N+](=O)[O-])CC[C@]1(C)C(=O)C2. The number of para-hydroxylation sites is 2. The van der Waals surface area contributed by atoms with Crippen LogP contribution >= 0.6 is 0 Å². The van der Waals surface area contributed by atoms with E-state index in [-0.39, 0.29) is 29.5 Å². The number of Topliss-reactive ketones (excluding diaryl/α,β-unsaturated/α-hetero) is 1. The summed E-state index contributed by atoms with van der Waals surface area (Å²) in [6.07, 6.45) is 1.53. The second-order valence-electron chi connectivity index (χ2n) is 7.37. The van der Waals surface area contributed by atoms with E-state index >= 15 is 0 Å². The fourth-order valence-corrected chi connectivity index (χ4v) is 4.34. The van der Waals surface area contributed by atoms with Crippen molar-refractivity contribution in [3.05, 3.63) is 34.4 Å². The number of nitro groups is 1. The van der Waals surface area contributed by atoms with Crippen LogP contribution in [0.5, 0.6) is 0 Å². The molecule has 2 saturated carbocycles. The first-order valence-electron chi connectivity index (χ1n) is 7.74. The molecule has 1 N–H and O–H groups in total. The van der Waals surface area contributed by atoms with E-state index in [9.17, 15) is 19.7 Å². The van der Waals surface area contributed by atoms with E-state index in [1.54, 1.807) is 12.1 Å². The highest BCUT2D eigenvalue weighted by molar-refractivity contribution is 6.05. The molecule has 0 radical (unpaired) electrons. The third-order valence-electron chi connectivity index (χ3n) is 6.49. The number of fused-ring (bicyclic) bond motifs is 2. The monoisotopic (exact) mass is 316 g/mol. The Morgan fingerprint density at radius 1 is 1.22 bits per heavy atom. The molecule has 122 valence electrons. The molecule has 0 aliphatic heterocycles. The molecule has 0 unspecified atom stereocenters. The largest absolute Gasteiger partial charge is 0.320 e. The third kappa shape index (κ3) is 1.81. The van der Waals surface area contributed by atoms with Gasteiger partial charge in [0.15, 0.2) is 0 Å². The van der Waals surface area contributed by atoms with Gasteiger partial charge < -0.3 is 5.32 Å². The molecule has 2 aliphatic rings. The molecule has 1 aromatic carbocycles. The number of carbonyl (C=O) groups is 2. The van der Waals surface area contributed by atoms with Crippen molar-refractivity contribution in [2.75, 3.05) is 5.32 Å². The number of hydrogen-bond acceptors (Lipinski definition) is 4. The van der Waals surface area contributed by atoms with E-state index in [1.165, 1.54) is 12.1 Å². The molecule has 6 nitrogen and oxygen atoms in total. The van der Waals surface area contributed by atoms with Crippen molar-refractivity contribution in [1.29, 1.82) is 0 Å². The molecule has 0 saturated heterocycles. The van der Waals surface area contributed by atoms with Crippen LogP contribution in [0.3, 0.4) is 0 Å². The van der Waals surface area contributed by atoms with E-state index in [0.29, 0.717) is 12.8 Å². The summed E-state index contributed by atoms with van der Waals surface area (Å²) in [6, 6.07) is 6.08. The number of nitro benzene ring substituents is 1. The molecule has 2 bridgehead atoms. The Morgan fingerprint density at radius 2 is 1.87 bits per heavy atom. The molecule has 2 atom stereocenters. The number of benzene rings is 1. The quantitative estimate of drug-likeness (QED) is 0.684. The first-order valence-corrected chi connectivity index (χ1v) is 7.74. The summed E-state index contributed by atoms with van der Waals surface area (Å²) in [4.78, 5) is 36.0. The van der Waals surface area contributed by atoms with Crippen molar-refractivity contribution in [3.8, 4) is 0 Å². The predicted molar refractivity (Wildman–Crippen MR) is 84.9 cm³/mol. The lowest BCUT2D eigenvalue weighted by Crippen LogP contribution is -2.43. The number of carbonyl (C=O) groups excluding carboxylic acids is 2. The summed E-state index contributed by atoms with van der Waals surface area (Å²) < 4.78 is 0. The molecular weight excluding hydrogens is 296 g/mol. The van der Waals surface area contributed by atoms with Gasteiger partial charge in [-0.1, -0.05) is 32.9 Å². The van der Waals surface area contributed by atoms with Crippen molar-refractivity contribution < 1.29 is 14.5 Å². The van der Waals surface area contributed by atoms with Gasteiger partial charge in [0.1, 0.15) is 11.5 Å². The molecule has 2 fully saturated rings. The lowest BCUT2D eigenvalue weighted by atomic mass is 9.64. The first-order chi connectivity index (χ1) is 10.7. The Kier molecular flexibility index (Phi) is 3.15. The Hall–Kier alpha value is -2.24. The van der Waals surface area contributed by atoms with Crippen molar-refractivity contribution in [1.82, 2.24) is 0 Å². The maximum absolute atomic E-state index is 13.0. The summed E-state index contributed by atoms with van der Waals surface area (Å²) in [5.41, 5.74) is -1.71. The lowest BCUT2D eigenvalue weighted by molar-refractivity contribution is -0.383. The molecule has 0 spiro atoms. The van der Waals surface area contributed by atoms with Gasteiger partial charge in [-0.05, 0) is 24.3 Å². The van der Waals surface area contributed by atoms with Gasteiger partial charge in [-0.2, -0.15) is 0 Å². The van der Waals surface area contributed by atoms with E-state index in [4.69, 9.17) is 0 Å². The van der Waals surface area contributed by atoms with E-state index in [1.807, 2.05) is 20.8 Å². The number of rotatable bonds is 3. The minimum atomic E-state index is -0.789. The Labute approximate surface area is 134 Å². The van der Waals surface area contributed by atoms with Gasteiger partial charge >= 0.3 is 0 Å². The van der Waals surface area contributed by atoms with Crippen LogP contribution < -0.4 is 5.32 Å². The van der Waals surface area contributed by atoms with Crippen molar-refractivity contribution in [3.63, 3.8) is 0 Å². The zero-order valence-electron chi connectivity index (χ0n) is 13.5. The number of hydrogen-bond donors (Lipinski definition) is 1. The van der Waals surface area contributed by atoms with Crippen LogP contribution in [-0.2, 0) is 9.59 Å². The first kappa shape index (κ1) is 15.6. The van der Waals surface area contributed by atoms with Gasteiger partial charge in [0.05, 0.1) is 10.3 Å². The number of amides is 1. The molecule has 23 heavy (non-hydrogen) atoms. The van der Waals surface area contributed by atoms with E-state index < -0.39 is 21.2 Å². The Morgan fingerprint density at radius 3 is 2.39 bits per heavy atom.